The zero-order valence-corrected chi connectivity index (χ0v) is 12.1. The zero-order chi connectivity index (χ0) is 13.6. The topological polar surface area (TPSA) is 9.23 Å². The van der Waals surface area contributed by atoms with Crippen LogP contribution in [0.5, 0.6) is 0 Å². The molecular formula is C17H26O. The van der Waals surface area contributed by atoms with Crippen LogP contribution in [0.15, 0.2) is 59.9 Å². The van der Waals surface area contributed by atoms with Crippen molar-refractivity contribution in [3.05, 3.63) is 59.9 Å². The van der Waals surface area contributed by atoms with E-state index in [1.807, 2.05) is 32.1 Å². The number of allylic oxidation sites excluding steroid dienone is 8. The first-order valence-corrected chi connectivity index (χ1v) is 6.82. The highest BCUT2D eigenvalue weighted by Gasteiger charge is 1.92. The molecule has 0 radical (unpaired) electrons. The molecule has 0 aromatic heterocycles. The average molecular weight is 246 g/mol. The Kier molecular flexibility index (Phi) is 11.0. The predicted octanol–water partition coefficient (Wildman–Crippen LogP) is 5.34. The smallest absolute Gasteiger partial charge is 0.116 e. The molecule has 0 aromatic carbocycles. The molecule has 0 fully saturated rings. The average Bonchev–Trinajstić information content (AvgIpc) is 2.66. The van der Waals surface area contributed by atoms with E-state index in [4.69, 9.17) is 4.74 Å². The van der Waals surface area contributed by atoms with Gasteiger partial charge in [-0.25, -0.2) is 0 Å². The lowest BCUT2D eigenvalue weighted by Crippen LogP contribution is -1.89. The SMILES string of the molecule is CC.CC/C=C(C)\C=C/COC1=CCC=CC=C1. The summed E-state index contributed by atoms with van der Waals surface area (Å²) in [6.07, 6.45) is 18.6. The van der Waals surface area contributed by atoms with Crippen LogP contribution in [0, 0.1) is 0 Å². The first-order valence-electron chi connectivity index (χ1n) is 6.82. The Labute approximate surface area is 112 Å². The van der Waals surface area contributed by atoms with Crippen LogP contribution in [0.2, 0.25) is 0 Å². The normalized spacial score (nSPS) is 14.9. The molecule has 18 heavy (non-hydrogen) atoms. The molecule has 0 aliphatic heterocycles. The van der Waals surface area contributed by atoms with Crippen LogP contribution in [0.4, 0.5) is 0 Å². The first kappa shape index (κ1) is 16.5. The Hall–Kier alpha value is -1.50. The van der Waals surface area contributed by atoms with Gasteiger partial charge in [0.05, 0.1) is 0 Å². The molecule has 1 aliphatic carbocycles. The van der Waals surface area contributed by atoms with Crippen LogP contribution in [0.1, 0.15) is 40.5 Å². The second kappa shape index (κ2) is 12.0. The van der Waals surface area contributed by atoms with E-state index in [2.05, 4.69) is 44.2 Å². The van der Waals surface area contributed by atoms with Crippen molar-refractivity contribution in [2.24, 2.45) is 0 Å². The van der Waals surface area contributed by atoms with E-state index in [1.165, 1.54) is 5.57 Å². The molecule has 0 saturated carbocycles. The van der Waals surface area contributed by atoms with Gasteiger partial charge in [0.1, 0.15) is 12.4 Å². The summed E-state index contributed by atoms with van der Waals surface area (Å²) in [7, 11) is 0. The Morgan fingerprint density at radius 3 is 2.83 bits per heavy atom. The van der Waals surface area contributed by atoms with Crippen LogP contribution in [-0.4, -0.2) is 6.61 Å². The third-order valence-electron chi connectivity index (χ3n) is 2.22. The molecule has 0 unspecified atom stereocenters. The maximum Gasteiger partial charge on any atom is 0.116 e. The van der Waals surface area contributed by atoms with Gasteiger partial charge < -0.3 is 4.74 Å². The molecule has 100 valence electrons. The van der Waals surface area contributed by atoms with Gasteiger partial charge >= 0.3 is 0 Å². The van der Waals surface area contributed by atoms with E-state index >= 15 is 0 Å². The molecule has 0 spiro atoms. The zero-order valence-electron chi connectivity index (χ0n) is 12.1. The molecule has 0 heterocycles. The quantitative estimate of drug-likeness (QED) is 0.595. The molecule has 1 rings (SSSR count). The van der Waals surface area contributed by atoms with Gasteiger partial charge in [-0.3, -0.25) is 0 Å². The Morgan fingerprint density at radius 1 is 1.33 bits per heavy atom. The van der Waals surface area contributed by atoms with Gasteiger partial charge in [0, 0.05) is 0 Å². The largest absolute Gasteiger partial charge is 0.490 e. The van der Waals surface area contributed by atoms with E-state index in [9.17, 15) is 0 Å². The fourth-order valence-electron chi connectivity index (χ4n) is 1.44. The molecule has 0 amide bonds. The van der Waals surface area contributed by atoms with E-state index in [0.717, 1.165) is 18.6 Å². The Morgan fingerprint density at radius 2 is 2.11 bits per heavy atom. The van der Waals surface area contributed by atoms with Crippen molar-refractivity contribution >= 4 is 0 Å². The monoisotopic (exact) mass is 246 g/mol. The van der Waals surface area contributed by atoms with Gasteiger partial charge in [0.25, 0.3) is 0 Å². The minimum Gasteiger partial charge on any atom is -0.490 e. The third kappa shape index (κ3) is 8.63. The second-order valence-electron chi connectivity index (χ2n) is 3.70. The summed E-state index contributed by atoms with van der Waals surface area (Å²) >= 11 is 0. The van der Waals surface area contributed by atoms with Gasteiger partial charge in [-0.1, -0.05) is 56.7 Å². The Bertz CT molecular complexity index is 341. The lowest BCUT2D eigenvalue weighted by molar-refractivity contribution is 0.260. The maximum atomic E-state index is 5.61. The van der Waals surface area contributed by atoms with Crippen LogP contribution in [0.25, 0.3) is 0 Å². The van der Waals surface area contributed by atoms with Crippen LogP contribution in [-0.2, 0) is 4.74 Å². The summed E-state index contributed by atoms with van der Waals surface area (Å²) in [4.78, 5) is 0. The van der Waals surface area contributed by atoms with Gasteiger partial charge in [-0.15, -0.1) is 0 Å². The number of ether oxygens (including phenoxy) is 1. The van der Waals surface area contributed by atoms with Gasteiger partial charge in [0.15, 0.2) is 0 Å². The molecule has 0 aromatic rings. The van der Waals surface area contributed by atoms with E-state index in [-0.39, 0.29) is 0 Å². The van der Waals surface area contributed by atoms with Crippen molar-refractivity contribution in [2.45, 2.75) is 40.5 Å². The standard InChI is InChI=1S/C15H20O.C2H6/c1-3-9-14(2)10-8-13-16-15-11-6-4-5-7-12-15;1-2/h4-6,8-12H,3,7,13H2,1-2H3;1-2H3/b10-8-,14-9-;. The maximum absolute atomic E-state index is 5.61. The van der Waals surface area contributed by atoms with Crippen LogP contribution >= 0.6 is 0 Å². The molecule has 0 N–H and O–H groups in total. The van der Waals surface area contributed by atoms with Crippen molar-refractivity contribution in [2.75, 3.05) is 6.61 Å². The highest BCUT2D eigenvalue weighted by atomic mass is 16.5. The fourth-order valence-corrected chi connectivity index (χ4v) is 1.44. The third-order valence-corrected chi connectivity index (χ3v) is 2.22. The van der Waals surface area contributed by atoms with Crippen molar-refractivity contribution in [3.63, 3.8) is 0 Å². The summed E-state index contributed by atoms with van der Waals surface area (Å²) in [6, 6.07) is 0. The molecular weight excluding hydrogens is 220 g/mol. The van der Waals surface area contributed by atoms with Crippen LogP contribution in [0.3, 0.4) is 0 Å². The molecule has 1 heteroatoms. The molecule has 0 saturated heterocycles. The Balaban J connectivity index is 0.00000137. The van der Waals surface area contributed by atoms with Crippen molar-refractivity contribution in [1.82, 2.24) is 0 Å². The van der Waals surface area contributed by atoms with Gasteiger partial charge in [0.2, 0.25) is 0 Å². The summed E-state index contributed by atoms with van der Waals surface area (Å²) in [5.41, 5.74) is 1.29. The molecule has 0 bridgehead atoms. The highest BCUT2D eigenvalue weighted by Crippen LogP contribution is 2.06. The number of rotatable bonds is 5. The number of hydrogen-bond donors (Lipinski definition) is 0. The summed E-state index contributed by atoms with van der Waals surface area (Å²) < 4.78 is 5.61. The summed E-state index contributed by atoms with van der Waals surface area (Å²) in [6.45, 7) is 8.88. The number of hydrogen-bond acceptors (Lipinski definition) is 1. The fraction of sp³-hybridized carbons (Fsp3) is 0.412. The molecule has 1 nitrogen and oxygen atoms in total. The highest BCUT2D eigenvalue weighted by molar-refractivity contribution is 5.22. The van der Waals surface area contributed by atoms with E-state index in [1.54, 1.807) is 0 Å². The van der Waals surface area contributed by atoms with E-state index in [0.29, 0.717) is 6.61 Å². The first-order chi connectivity index (χ1) is 8.83. The van der Waals surface area contributed by atoms with Crippen molar-refractivity contribution in [3.8, 4) is 0 Å². The summed E-state index contributed by atoms with van der Waals surface area (Å²) in [5.74, 6) is 0.951. The second-order valence-corrected chi connectivity index (χ2v) is 3.70. The lowest BCUT2D eigenvalue weighted by Gasteiger charge is -2.02. The minimum absolute atomic E-state index is 0.630. The van der Waals surface area contributed by atoms with Gasteiger partial charge in [-0.2, -0.15) is 0 Å². The molecule has 0 atom stereocenters. The minimum atomic E-state index is 0.630. The van der Waals surface area contributed by atoms with Crippen molar-refractivity contribution in [1.29, 1.82) is 0 Å². The van der Waals surface area contributed by atoms with Gasteiger partial charge in [-0.05, 0) is 38.0 Å². The predicted molar refractivity (Wildman–Crippen MR) is 81.5 cm³/mol. The molecule has 1 aliphatic rings. The van der Waals surface area contributed by atoms with E-state index < -0.39 is 0 Å². The van der Waals surface area contributed by atoms with Crippen LogP contribution < -0.4 is 0 Å². The van der Waals surface area contributed by atoms with Crippen molar-refractivity contribution < 1.29 is 4.74 Å². The lowest BCUT2D eigenvalue weighted by atomic mass is 10.2. The summed E-state index contributed by atoms with van der Waals surface area (Å²) in [5, 5.41) is 0.